The summed E-state index contributed by atoms with van der Waals surface area (Å²) < 4.78 is 13.1. The Morgan fingerprint density at radius 3 is 2.61 bits per heavy atom. The van der Waals surface area contributed by atoms with Gasteiger partial charge in [0.25, 0.3) is 0 Å². The summed E-state index contributed by atoms with van der Waals surface area (Å²) in [6.07, 6.45) is 0. The molecule has 1 nitrogen and oxygen atoms in total. The van der Waals surface area contributed by atoms with Crippen LogP contribution in [0.3, 0.4) is 0 Å². The maximum Gasteiger partial charge on any atom is 0.126 e. The number of halogens is 1. The minimum Gasteiger partial charge on any atom is -0.399 e. The first-order chi connectivity index (χ1) is 8.74. The van der Waals surface area contributed by atoms with Gasteiger partial charge in [-0.1, -0.05) is 30.0 Å². The van der Waals surface area contributed by atoms with Crippen molar-refractivity contribution in [1.29, 1.82) is 0 Å². The summed E-state index contributed by atoms with van der Waals surface area (Å²) in [7, 11) is 0. The summed E-state index contributed by atoms with van der Waals surface area (Å²) in [5, 5.41) is 0. The topological polar surface area (TPSA) is 26.0 Å². The Morgan fingerprint density at radius 1 is 1.11 bits per heavy atom. The lowest BCUT2D eigenvalue weighted by atomic mass is 10.2. The number of rotatable bonds is 2. The van der Waals surface area contributed by atoms with E-state index >= 15 is 0 Å². The van der Waals surface area contributed by atoms with E-state index in [1.54, 1.807) is 6.07 Å². The standard InChI is InChI=1S/C15H12FNS/c16-13-9-14(17)11-15(10-13)18-8-4-7-12-5-2-1-3-6-12/h1-3,5-6,9-11H,8,17H2. The van der Waals surface area contributed by atoms with Crippen LogP contribution < -0.4 is 5.73 Å². The van der Waals surface area contributed by atoms with Crippen molar-refractivity contribution in [2.45, 2.75) is 4.90 Å². The third-order valence-electron chi connectivity index (χ3n) is 2.21. The monoisotopic (exact) mass is 257 g/mol. The number of anilines is 1. The van der Waals surface area contributed by atoms with E-state index in [9.17, 15) is 4.39 Å². The normalized spacial score (nSPS) is 9.61. The molecule has 2 N–H and O–H groups in total. The van der Waals surface area contributed by atoms with Crippen LogP contribution in [0.25, 0.3) is 0 Å². The summed E-state index contributed by atoms with van der Waals surface area (Å²) >= 11 is 1.47. The molecular weight excluding hydrogens is 245 g/mol. The van der Waals surface area contributed by atoms with Gasteiger partial charge < -0.3 is 5.73 Å². The van der Waals surface area contributed by atoms with Gasteiger partial charge in [-0.3, -0.25) is 0 Å². The molecule has 0 spiro atoms. The van der Waals surface area contributed by atoms with Crippen LogP contribution in [-0.2, 0) is 0 Å². The molecule has 0 aliphatic heterocycles. The highest BCUT2D eigenvalue weighted by Gasteiger charge is 1.97. The molecule has 0 amide bonds. The van der Waals surface area contributed by atoms with Gasteiger partial charge in [-0.2, -0.15) is 0 Å². The summed E-state index contributed by atoms with van der Waals surface area (Å²) in [6.45, 7) is 0. The SMILES string of the molecule is Nc1cc(F)cc(SCC#Cc2ccccc2)c1. The minimum absolute atomic E-state index is 0.312. The fraction of sp³-hybridized carbons (Fsp3) is 0.0667. The highest BCUT2D eigenvalue weighted by atomic mass is 32.2. The van der Waals surface area contributed by atoms with Crippen molar-refractivity contribution in [3.05, 3.63) is 59.9 Å². The third-order valence-corrected chi connectivity index (χ3v) is 3.07. The Kier molecular flexibility index (Phi) is 4.27. The maximum atomic E-state index is 13.1. The Morgan fingerprint density at radius 2 is 1.89 bits per heavy atom. The van der Waals surface area contributed by atoms with Gasteiger partial charge in [0.15, 0.2) is 0 Å². The molecule has 2 aromatic carbocycles. The fourth-order valence-electron chi connectivity index (χ4n) is 1.45. The number of thioether (sulfide) groups is 1. The molecule has 0 fully saturated rings. The summed E-state index contributed by atoms with van der Waals surface area (Å²) in [6, 6.07) is 14.3. The number of hydrogen-bond acceptors (Lipinski definition) is 2. The van der Waals surface area contributed by atoms with Crippen LogP contribution in [0.4, 0.5) is 10.1 Å². The van der Waals surface area contributed by atoms with Crippen LogP contribution in [0, 0.1) is 17.7 Å². The maximum absolute atomic E-state index is 13.1. The molecular formula is C15H12FNS. The average Bonchev–Trinajstić information content (AvgIpc) is 2.35. The molecule has 2 rings (SSSR count). The largest absolute Gasteiger partial charge is 0.399 e. The van der Waals surface area contributed by atoms with Gasteiger partial charge in [0, 0.05) is 16.1 Å². The first-order valence-corrected chi connectivity index (χ1v) is 6.45. The molecule has 0 aliphatic carbocycles. The number of nitrogens with two attached hydrogens (primary N) is 1. The smallest absolute Gasteiger partial charge is 0.126 e. The Bertz CT molecular complexity index is 564. The Hall–Kier alpha value is -1.92. The van der Waals surface area contributed by atoms with Gasteiger partial charge in [-0.25, -0.2) is 4.39 Å². The molecule has 2 aromatic rings. The van der Waals surface area contributed by atoms with Crippen LogP contribution >= 0.6 is 11.8 Å². The number of nitrogen functional groups attached to an aromatic ring is 1. The second kappa shape index (κ2) is 6.13. The van der Waals surface area contributed by atoms with E-state index in [1.807, 2.05) is 30.3 Å². The highest BCUT2D eigenvalue weighted by Crippen LogP contribution is 2.21. The van der Waals surface area contributed by atoms with Crippen molar-refractivity contribution in [1.82, 2.24) is 0 Å². The summed E-state index contributed by atoms with van der Waals surface area (Å²) in [5.74, 6) is 6.38. The first-order valence-electron chi connectivity index (χ1n) is 5.47. The van der Waals surface area contributed by atoms with Crippen molar-refractivity contribution >= 4 is 17.4 Å². The Balaban J connectivity index is 1.95. The van der Waals surface area contributed by atoms with Gasteiger partial charge in [0.05, 0.1) is 5.75 Å². The summed E-state index contributed by atoms with van der Waals surface area (Å²) in [4.78, 5) is 0.801. The van der Waals surface area contributed by atoms with Gasteiger partial charge >= 0.3 is 0 Å². The highest BCUT2D eigenvalue weighted by molar-refractivity contribution is 7.99. The third kappa shape index (κ3) is 3.83. The lowest BCUT2D eigenvalue weighted by molar-refractivity contribution is 0.625. The number of benzene rings is 2. The van der Waals surface area contributed by atoms with E-state index in [1.165, 1.54) is 23.9 Å². The zero-order chi connectivity index (χ0) is 12.8. The Labute approximate surface area is 110 Å². The van der Waals surface area contributed by atoms with Crippen molar-refractivity contribution in [3.8, 4) is 11.8 Å². The number of hydrogen-bond donors (Lipinski definition) is 1. The van der Waals surface area contributed by atoms with Crippen LogP contribution in [0.2, 0.25) is 0 Å². The van der Waals surface area contributed by atoms with E-state index in [4.69, 9.17) is 5.73 Å². The fourth-order valence-corrected chi connectivity index (χ4v) is 2.17. The molecule has 90 valence electrons. The molecule has 0 radical (unpaired) electrons. The van der Waals surface area contributed by atoms with Crippen LogP contribution in [0.5, 0.6) is 0 Å². The van der Waals surface area contributed by atoms with Crippen LogP contribution in [0.15, 0.2) is 53.4 Å². The van der Waals surface area contributed by atoms with Gasteiger partial charge in [0.1, 0.15) is 5.82 Å². The molecule has 0 saturated carbocycles. The first kappa shape index (κ1) is 12.5. The van der Waals surface area contributed by atoms with E-state index in [0.717, 1.165) is 10.5 Å². The van der Waals surface area contributed by atoms with Gasteiger partial charge in [0.2, 0.25) is 0 Å². The average molecular weight is 257 g/mol. The molecule has 0 unspecified atom stereocenters. The quantitative estimate of drug-likeness (QED) is 0.506. The molecule has 0 aliphatic rings. The predicted octanol–water partition coefficient (Wildman–Crippen LogP) is 3.55. The van der Waals surface area contributed by atoms with Crippen molar-refractivity contribution < 1.29 is 4.39 Å². The van der Waals surface area contributed by atoms with Gasteiger partial charge in [-0.05, 0) is 30.3 Å². The molecule has 0 bridgehead atoms. The minimum atomic E-state index is -0.312. The second-order valence-corrected chi connectivity index (χ2v) is 4.73. The lowest BCUT2D eigenvalue weighted by Gasteiger charge is -1.99. The van der Waals surface area contributed by atoms with E-state index < -0.39 is 0 Å². The van der Waals surface area contributed by atoms with Crippen LogP contribution in [0.1, 0.15) is 5.56 Å². The van der Waals surface area contributed by atoms with Crippen molar-refractivity contribution in [2.75, 3.05) is 11.5 Å². The van der Waals surface area contributed by atoms with E-state index in [2.05, 4.69) is 11.8 Å². The molecule has 0 saturated heterocycles. The predicted molar refractivity (Wildman–Crippen MR) is 74.9 cm³/mol. The molecule has 0 aromatic heterocycles. The van der Waals surface area contributed by atoms with Crippen LogP contribution in [-0.4, -0.2) is 5.75 Å². The summed E-state index contributed by atoms with van der Waals surface area (Å²) in [5.41, 5.74) is 6.99. The van der Waals surface area contributed by atoms with Gasteiger partial charge in [-0.15, -0.1) is 11.8 Å². The van der Waals surface area contributed by atoms with E-state index in [-0.39, 0.29) is 5.82 Å². The zero-order valence-corrected chi connectivity index (χ0v) is 10.5. The molecule has 3 heteroatoms. The van der Waals surface area contributed by atoms with E-state index in [0.29, 0.717) is 11.4 Å². The second-order valence-electron chi connectivity index (χ2n) is 3.68. The lowest BCUT2D eigenvalue weighted by Crippen LogP contribution is -1.87. The van der Waals surface area contributed by atoms with Crippen molar-refractivity contribution in [2.24, 2.45) is 0 Å². The molecule has 18 heavy (non-hydrogen) atoms. The molecule has 0 atom stereocenters. The molecule has 0 heterocycles. The van der Waals surface area contributed by atoms with Crippen molar-refractivity contribution in [3.63, 3.8) is 0 Å². The zero-order valence-electron chi connectivity index (χ0n) is 9.69.